The monoisotopic (exact) mass is 252 g/mol. The summed E-state index contributed by atoms with van der Waals surface area (Å²) in [5.74, 6) is -0.271. The van der Waals surface area contributed by atoms with Crippen molar-refractivity contribution in [3.05, 3.63) is 29.6 Å². The molecule has 1 saturated heterocycles. The van der Waals surface area contributed by atoms with E-state index in [4.69, 9.17) is 10.5 Å². The third kappa shape index (κ3) is 2.31. The van der Waals surface area contributed by atoms with Gasteiger partial charge in [-0.05, 0) is 37.1 Å². The van der Waals surface area contributed by atoms with Crippen molar-refractivity contribution in [2.24, 2.45) is 5.73 Å². The number of carbonyl (C=O) groups excluding carboxylic acids is 1. The Kier molecular flexibility index (Phi) is 3.52. The Balaban J connectivity index is 2.21. The van der Waals surface area contributed by atoms with E-state index >= 15 is 0 Å². The fourth-order valence-electron chi connectivity index (χ4n) is 2.50. The molecule has 1 unspecified atom stereocenters. The summed E-state index contributed by atoms with van der Waals surface area (Å²) in [6.07, 6.45) is 0.667. The van der Waals surface area contributed by atoms with E-state index in [-0.39, 0.29) is 29.4 Å². The molecule has 0 aromatic heterocycles. The highest BCUT2D eigenvalue weighted by Crippen LogP contribution is 2.33. The molecule has 5 heteroatoms. The average Bonchev–Trinajstić information content (AvgIpc) is 2.72. The minimum Gasteiger partial charge on any atom is -0.494 e. The highest BCUT2D eigenvalue weighted by Gasteiger charge is 2.34. The van der Waals surface area contributed by atoms with E-state index in [1.165, 1.54) is 13.2 Å². The van der Waals surface area contributed by atoms with Gasteiger partial charge in [0.25, 0.3) is 0 Å². The van der Waals surface area contributed by atoms with Crippen LogP contribution in [-0.4, -0.2) is 37.6 Å². The van der Waals surface area contributed by atoms with Crippen LogP contribution in [0.1, 0.15) is 17.9 Å². The normalized spacial score (nSPS) is 24.2. The number of amides is 1. The predicted molar refractivity (Wildman–Crippen MR) is 65.9 cm³/mol. The maximum absolute atomic E-state index is 13.3. The van der Waals surface area contributed by atoms with Crippen LogP contribution in [0, 0.1) is 5.82 Å². The SMILES string of the molecule is COc1cc([C@H]2CC(C(N)=O)N(C)C2)ccc1F. The molecule has 18 heavy (non-hydrogen) atoms. The molecule has 1 heterocycles. The number of hydrogen-bond acceptors (Lipinski definition) is 3. The molecule has 0 saturated carbocycles. The van der Waals surface area contributed by atoms with Gasteiger partial charge in [0.05, 0.1) is 13.2 Å². The van der Waals surface area contributed by atoms with Crippen molar-refractivity contribution < 1.29 is 13.9 Å². The lowest BCUT2D eigenvalue weighted by atomic mass is 9.96. The van der Waals surface area contributed by atoms with Crippen molar-refractivity contribution in [1.29, 1.82) is 0 Å². The second-order valence-electron chi connectivity index (χ2n) is 4.68. The average molecular weight is 252 g/mol. The Morgan fingerprint density at radius 3 is 2.83 bits per heavy atom. The van der Waals surface area contributed by atoms with Crippen molar-refractivity contribution in [3.63, 3.8) is 0 Å². The lowest BCUT2D eigenvalue weighted by molar-refractivity contribution is -0.121. The quantitative estimate of drug-likeness (QED) is 0.876. The summed E-state index contributed by atoms with van der Waals surface area (Å²) in [5, 5.41) is 0. The van der Waals surface area contributed by atoms with Gasteiger partial charge >= 0.3 is 0 Å². The second-order valence-corrected chi connectivity index (χ2v) is 4.68. The number of benzene rings is 1. The molecule has 98 valence electrons. The number of nitrogens with zero attached hydrogens (tertiary/aromatic N) is 1. The first-order valence-electron chi connectivity index (χ1n) is 5.86. The molecule has 1 aromatic carbocycles. The number of ether oxygens (including phenoxy) is 1. The van der Waals surface area contributed by atoms with Gasteiger partial charge < -0.3 is 10.5 Å². The Hall–Kier alpha value is -1.62. The summed E-state index contributed by atoms with van der Waals surface area (Å²) >= 11 is 0. The zero-order chi connectivity index (χ0) is 13.3. The molecule has 1 amide bonds. The van der Waals surface area contributed by atoms with Gasteiger partial charge in [0, 0.05) is 6.54 Å². The van der Waals surface area contributed by atoms with E-state index in [1.54, 1.807) is 12.1 Å². The lowest BCUT2D eigenvalue weighted by Gasteiger charge is -2.14. The number of halogens is 1. The summed E-state index contributed by atoms with van der Waals surface area (Å²) in [6.45, 7) is 0.738. The molecule has 2 atom stereocenters. The van der Waals surface area contributed by atoms with Crippen LogP contribution in [0.15, 0.2) is 18.2 Å². The molecule has 1 aliphatic heterocycles. The van der Waals surface area contributed by atoms with Crippen LogP contribution in [0.3, 0.4) is 0 Å². The minimum atomic E-state index is -0.376. The Labute approximate surface area is 106 Å². The number of nitrogens with two attached hydrogens (primary N) is 1. The van der Waals surface area contributed by atoms with E-state index in [1.807, 2.05) is 11.9 Å². The number of carbonyl (C=O) groups is 1. The molecule has 0 radical (unpaired) electrons. The van der Waals surface area contributed by atoms with Crippen LogP contribution in [0.2, 0.25) is 0 Å². The van der Waals surface area contributed by atoms with Gasteiger partial charge in [-0.25, -0.2) is 4.39 Å². The van der Waals surface area contributed by atoms with Crippen LogP contribution in [-0.2, 0) is 4.79 Å². The molecule has 2 rings (SSSR count). The molecule has 0 spiro atoms. The van der Waals surface area contributed by atoms with E-state index < -0.39 is 0 Å². The summed E-state index contributed by atoms with van der Waals surface area (Å²) < 4.78 is 18.3. The van der Waals surface area contributed by atoms with Crippen molar-refractivity contribution in [2.75, 3.05) is 20.7 Å². The third-order valence-corrected chi connectivity index (χ3v) is 3.52. The van der Waals surface area contributed by atoms with Gasteiger partial charge in [-0.1, -0.05) is 6.07 Å². The third-order valence-electron chi connectivity index (χ3n) is 3.52. The van der Waals surface area contributed by atoms with Crippen molar-refractivity contribution in [3.8, 4) is 5.75 Å². The van der Waals surface area contributed by atoms with Crippen LogP contribution in [0.5, 0.6) is 5.75 Å². The molecule has 1 aromatic rings. The zero-order valence-corrected chi connectivity index (χ0v) is 10.5. The molecule has 1 fully saturated rings. The fourth-order valence-corrected chi connectivity index (χ4v) is 2.50. The van der Waals surface area contributed by atoms with Crippen LogP contribution in [0.4, 0.5) is 4.39 Å². The van der Waals surface area contributed by atoms with Gasteiger partial charge in [-0.15, -0.1) is 0 Å². The smallest absolute Gasteiger partial charge is 0.234 e. The summed E-state index contributed by atoms with van der Waals surface area (Å²) in [4.78, 5) is 13.2. The number of primary amides is 1. The molecule has 2 N–H and O–H groups in total. The standard InChI is InChI=1S/C13H17FN2O2/c1-16-7-9(5-11(16)13(15)17)8-3-4-10(14)12(6-8)18-2/h3-4,6,9,11H,5,7H2,1-2H3,(H2,15,17)/t9-,11?/m0/s1. The molecular formula is C13H17FN2O2. The van der Waals surface area contributed by atoms with Gasteiger partial charge in [-0.3, -0.25) is 9.69 Å². The molecule has 1 aliphatic rings. The van der Waals surface area contributed by atoms with Crippen molar-refractivity contribution >= 4 is 5.91 Å². The summed E-state index contributed by atoms with van der Waals surface area (Å²) in [6, 6.07) is 4.58. The van der Waals surface area contributed by atoms with E-state index in [2.05, 4.69) is 0 Å². The van der Waals surface area contributed by atoms with Crippen molar-refractivity contribution in [1.82, 2.24) is 4.90 Å². The van der Waals surface area contributed by atoms with E-state index in [0.717, 1.165) is 12.1 Å². The molecule has 4 nitrogen and oxygen atoms in total. The number of hydrogen-bond donors (Lipinski definition) is 1. The first-order valence-corrected chi connectivity index (χ1v) is 5.86. The van der Waals surface area contributed by atoms with E-state index in [0.29, 0.717) is 6.42 Å². The second kappa shape index (κ2) is 4.94. The minimum absolute atomic E-state index is 0.182. The van der Waals surface area contributed by atoms with Gasteiger partial charge in [0.15, 0.2) is 11.6 Å². The maximum atomic E-state index is 13.3. The van der Waals surface area contributed by atoms with Crippen LogP contribution in [0.25, 0.3) is 0 Å². The Morgan fingerprint density at radius 1 is 1.56 bits per heavy atom. The number of likely N-dealkylation sites (tertiary alicyclic amines) is 1. The largest absolute Gasteiger partial charge is 0.494 e. The Morgan fingerprint density at radius 2 is 2.28 bits per heavy atom. The van der Waals surface area contributed by atoms with E-state index in [9.17, 15) is 9.18 Å². The highest BCUT2D eigenvalue weighted by molar-refractivity contribution is 5.80. The maximum Gasteiger partial charge on any atom is 0.234 e. The first-order chi connectivity index (χ1) is 8.52. The van der Waals surface area contributed by atoms with Gasteiger partial charge in [-0.2, -0.15) is 0 Å². The number of rotatable bonds is 3. The lowest BCUT2D eigenvalue weighted by Crippen LogP contribution is -2.37. The number of likely N-dealkylation sites (N-methyl/N-ethyl adjacent to an activating group) is 1. The Bertz CT molecular complexity index is 464. The summed E-state index contributed by atoms with van der Waals surface area (Å²) in [5.41, 5.74) is 6.32. The van der Waals surface area contributed by atoms with Crippen LogP contribution < -0.4 is 10.5 Å². The molecule has 0 aliphatic carbocycles. The molecule has 0 bridgehead atoms. The van der Waals surface area contributed by atoms with Gasteiger partial charge in [0.1, 0.15) is 0 Å². The topological polar surface area (TPSA) is 55.6 Å². The highest BCUT2D eigenvalue weighted by atomic mass is 19.1. The predicted octanol–water partition coefficient (Wildman–Crippen LogP) is 1.11. The fraction of sp³-hybridized carbons (Fsp3) is 0.462. The van der Waals surface area contributed by atoms with Gasteiger partial charge in [0.2, 0.25) is 5.91 Å². The first kappa shape index (κ1) is 12.8. The number of methoxy groups -OCH3 is 1. The van der Waals surface area contributed by atoms with Crippen LogP contribution >= 0.6 is 0 Å². The molecular weight excluding hydrogens is 235 g/mol. The zero-order valence-electron chi connectivity index (χ0n) is 10.5. The van der Waals surface area contributed by atoms with Crippen molar-refractivity contribution in [2.45, 2.75) is 18.4 Å². The summed E-state index contributed by atoms with van der Waals surface area (Å²) in [7, 11) is 3.31.